The molecule has 1 aliphatic carbocycles. The van der Waals surface area contributed by atoms with Crippen LogP contribution in [0, 0.1) is 5.41 Å². The third kappa shape index (κ3) is 2.69. The van der Waals surface area contributed by atoms with Gasteiger partial charge in [0.25, 0.3) is 0 Å². The second-order valence-corrected chi connectivity index (χ2v) is 6.69. The summed E-state index contributed by atoms with van der Waals surface area (Å²) in [5.74, 6) is 0. The van der Waals surface area contributed by atoms with E-state index in [0.29, 0.717) is 5.41 Å². The molecule has 1 aromatic rings. The van der Waals surface area contributed by atoms with E-state index < -0.39 is 0 Å². The zero-order chi connectivity index (χ0) is 13.3. The summed E-state index contributed by atoms with van der Waals surface area (Å²) in [5, 5.41) is 0.724. The maximum atomic E-state index is 6.10. The summed E-state index contributed by atoms with van der Waals surface area (Å²) in [4.78, 5) is 2.44. The lowest BCUT2D eigenvalue weighted by atomic mass is 9.68. The number of halogens is 1. The monoisotopic (exact) mass is 278 g/mol. The SMILES string of the molecule is Nc1cc(Cl)ccc1N1CCC2(CCCCC2)CC1. The van der Waals surface area contributed by atoms with E-state index in [4.69, 9.17) is 17.3 Å². The van der Waals surface area contributed by atoms with Gasteiger partial charge < -0.3 is 10.6 Å². The van der Waals surface area contributed by atoms with Crippen molar-refractivity contribution in [2.75, 3.05) is 23.7 Å². The number of benzene rings is 1. The van der Waals surface area contributed by atoms with Crippen LogP contribution in [0.5, 0.6) is 0 Å². The van der Waals surface area contributed by atoms with Gasteiger partial charge in [-0.25, -0.2) is 0 Å². The first-order valence-electron chi connectivity index (χ1n) is 7.49. The fraction of sp³-hybridized carbons (Fsp3) is 0.625. The van der Waals surface area contributed by atoms with Crippen molar-refractivity contribution in [3.63, 3.8) is 0 Å². The minimum absolute atomic E-state index is 0.649. The predicted octanol–water partition coefficient (Wildman–Crippen LogP) is 4.47. The van der Waals surface area contributed by atoms with Gasteiger partial charge in [0.05, 0.1) is 11.4 Å². The van der Waals surface area contributed by atoms with Crippen LogP contribution in [-0.4, -0.2) is 13.1 Å². The van der Waals surface area contributed by atoms with Crippen LogP contribution in [0.1, 0.15) is 44.9 Å². The van der Waals surface area contributed by atoms with Crippen LogP contribution >= 0.6 is 11.6 Å². The Kier molecular flexibility index (Phi) is 3.62. The lowest BCUT2D eigenvalue weighted by molar-refractivity contribution is 0.144. The minimum Gasteiger partial charge on any atom is -0.397 e. The van der Waals surface area contributed by atoms with Crippen molar-refractivity contribution in [2.24, 2.45) is 5.41 Å². The molecule has 0 unspecified atom stereocenters. The average molecular weight is 279 g/mol. The van der Waals surface area contributed by atoms with Crippen LogP contribution in [0.2, 0.25) is 5.02 Å². The Labute approximate surface area is 120 Å². The van der Waals surface area contributed by atoms with Gasteiger partial charge in [-0.15, -0.1) is 0 Å². The number of rotatable bonds is 1. The molecular formula is C16H23ClN2. The molecular weight excluding hydrogens is 256 g/mol. The van der Waals surface area contributed by atoms with Gasteiger partial charge in [0.2, 0.25) is 0 Å². The van der Waals surface area contributed by atoms with Crippen molar-refractivity contribution in [1.82, 2.24) is 0 Å². The van der Waals surface area contributed by atoms with E-state index in [1.807, 2.05) is 12.1 Å². The Balaban J connectivity index is 1.69. The highest BCUT2D eigenvalue weighted by Crippen LogP contribution is 2.45. The molecule has 19 heavy (non-hydrogen) atoms. The van der Waals surface area contributed by atoms with E-state index in [1.54, 1.807) is 0 Å². The summed E-state index contributed by atoms with van der Waals surface area (Å²) >= 11 is 5.97. The fourth-order valence-corrected chi connectivity index (χ4v) is 4.02. The van der Waals surface area contributed by atoms with E-state index in [-0.39, 0.29) is 0 Å². The molecule has 1 spiro atoms. The molecule has 3 rings (SSSR count). The van der Waals surface area contributed by atoms with Crippen LogP contribution < -0.4 is 10.6 Å². The second kappa shape index (κ2) is 5.24. The molecule has 1 saturated carbocycles. The molecule has 0 radical (unpaired) electrons. The Hall–Kier alpha value is -0.890. The van der Waals surface area contributed by atoms with E-state index in [2.05, 4.69) is 11.0 Å². The molecule has 2 aliphatic rings. The minimum atomic E-state index is 0.649. The van der Waals surface area contributed by atoms with Gasteiger partial charge in [0.1, 0.15) is 0 Å². The van der Waals surface area contributed by atoms with E-state index in [9.17, 15) is 0 Å². The standard InChI is InChI=1S/C16H23ClN2/c17-13-4-5-15(14(18)12-13)19-10-8-16(9-11-19)6-2-1-3-7-16/h4-5,12H,1-3,6-11,18H2. The molecule has 2 nitrogen and oxygen atoms in total. The summed E-state index contributed by atoms with van der Waals surface area (Å²) in [6.07, 6.45) is 9.85. The molecule has 0 aromatic heterocycles. The first-order valence-corrected chi connectivity index (χ1v) is 7.86. The average Bonchev–Trinajstić information content (AvgIpc) is 2.41. The van der Waals surface area contributed by atoms with Crippen LogP contribution in [0.3, 0.4) is 0 Å². The second-order valence-electron chi connectivity index (χ2n) is 6.25. The highest BCUT2D eigenvalue weighted by atomic mass is 35.5. The van der Waals surface area contributed by atoms with Crippen LogP contribution in [0.25, 0.3) is 0 Å². The lowest BCUT2D eigenvalue weighted by Crippen LogP contribution is -2.41. The van der Waals surface area contributed by atoms with E-state index >= 15 is 0 Å². The van der Waals surface area contributed by atoms with Crippen LogP contribution in [0.15, 0.2) is 18.2 Å². The molecule has 3 heteroatoms. The van der Waals surface area contributed by atoms with Crippen molar-refractivity contribution in [2.45, 2.75) is 44.9 Å². The number of nitrogens with two attached hydrogens (primary N) is 1. The summed E-state index contributed by atoms with van der Waals surface area (Å²) in [6.45, 7) is 2.29. The Morgan fingerprint density at radius 1 is 1.00 bits per heavy atom. The Bertz CT molecular complexity index is 442. The van der Waals surface area contributed by atoms with Crippen molar-refractivity contribution in [1.29, 1.82) is 0 Å². The predicted molar refractivity (Wildman–Crippen MR) is 82.8 cm³/mol. The van der Waals surface area contributed by atoms with Crippen molar-refractivity contribution in [3.05, 3.63) is 23.2 Å². The number of hydrogen-bond acceptors (Lipinski definition) is 2. The van der Waals surface area contributed by atoms with Crippen molar-refractivity contribution >= 4 is 23.0 Å². The molecule has 1 aromatic carbocycles. The number of hydrogen-bond donors (Lipinski definition) is 1. The number of piperidine rings is 1. The summed E-state index contributed by atoms with van der Waals surface area (Å²) < 4.78 is 0. The number of nitrogen functional groups attached to an aromatic ring is 1. The first kappa shape index (κ1) is 13.1. The van der Waals surface area contributed by atoms with E-state index in [1.165, 1.54) is 44.9 Å². The van der Waals surface area contributed by atoms with Crippen molar-refractivity contribution in [3.8, 4) is 0 Å². The third-order valence-corrected chi connectivity index (χ3v) is 5.30. The summed E-state index contributed by atoms with van der Waals surface area (Å²) in [7, 11) is 0. The smallest absolute Gasteiger partial charge is 0.0600 e. The normalized spacial score (nSPS) is 22.7. The number of nitrogens with zero attached hydrogens (tertiary/aromatic N) is 1. The van der Waals surface area contributed by atoms with Crippen LogP contribution in [-0.2, 0) is 0 Å². The van der Waals surface area contributed by atoms with Crippen molar-refractivity contribution < 1.29 is 0 Å². The van der Waals surface area contributed by atoms with Gasteiger partial charge in [0.15, 0.2) is 0 Å². The highest BCUT2D eigenvalue weighted by Gasteiger charge is 2.35. The molecule has 2 N–H and O–H groups in total. The molecule has 1 aliphatic heterocycles. The van der Waals surface area contributed by atoms with Gasteiger partial charge in [0, 0.05) is 18.1 Å². The fourth-order valence-electron chi connectivity index (χ4n) is 3.84. The molecule has 0 amide bonds. The maximum absolute atomic E-state index is 6.10. The summed E-state index contributed by atoms with van der Waals surface area (Å²) in [6, 6.07) is 5.87. The van der Waals surface area contributed by atoms with Gasteiger partial charge in [-0.1, -0.05) is 30.9 Å². The topological polar surface area (TPSA) is 29.3 Å². The Morgan fingerprint density at radius 3 is 2.32 bits per heavy atom. The quantitative estimate of drug-likeness (QED) is 0.768. The first-order chi connectivity index (χ1) is 9.19. The molecule has 0 atom stereocenters. The maximum Gasteiger partial charge on any atom is 0.0600 e. The lowest BCUT2D eigenvalue weighted by Gasteiger charge is -2.45. The Morgan fingerprint density at radius 2 is 1.68 bits per heavy atom. The van der Waals surface area contributed by atoms with Crippen LogP contribution in [0.4, 0.5) is 11.4 Å². The third-order valence-electron chi connectivity index (χ3n) is 5.07. The zero-order valence-electron chi connectivity index (χ0n) is 11.5. The molecule has 1 heterocycles. The highest BCUT2D eigenvalue weighted by molar-refractivity contribution is 6.31. The molecule has 1 saturated heterocycles. The summed E-state index contributed by atoms with van der Waals surface area (Å²) in [5.41, 5.74) is 8.72. The van der Waals surface area contributed by atoms with Gasteiger partial charge in [-0.3, -0.25) is 0 Å². The van der Waals surface area contributed by atoms with Gasteiger partial charge >= 0.3 is 0 Å². The molecule has 2 fully saturated rings. The van der Waals surface area contributed by atoms with E-state index in [0.717, 1.165) is 29.5 Å². The molecule has 104 valence electrons. The molecule has 0 bridgehead atoms. The van der Waals surface area contributed by atoms with Gasteiger partial charge in [-0.05, 0) is 49.3 Å². The largest absolute Gasteiger partial charge is 0.397 e. The zero-order valence-corrected chi connectivity index (χ0v) is 12.3. The van der Waals surface area contributed by atoms with Gasteiger partial charge in [-0.2, -0.15) is 0 Å². The number of anilines is 2.